The molecule has 0 aliphatic carbocycles. The Labute approximate surface area is 102 Å². The SMILES string of the molecule is O=C(O)c1nc(-c2ccc3ccccc3c2)no1. The quantitative estimate of drug-likeness (QED) is 0.745. The van der Waals surface area contributed by atoms with E-state index in [0.717, 1.165) is 16.3 Å². The predicted molar refractivity (Wildman–Crippen MR) is 64.2 cm³/mol. The zero-order valence-electron chi connectivity index (χ0n) is 9.20. The molecule has 0 radical (unpaired) electrons. The highest BCUT2D eigenvalue weighted by atomic mass is 16.5. The Hall–Kier alpha value is -2.69. The van der Waals surface area contributed by atoms with Crippen molar-refractivity contribution in [1.29, 1.82) is 0 Å². The van der Waals surface area contributed by atoms with Crippen molar-refractivity contribution >= 4 is 16.7 Å². The number of carbonyl (C=O) groups is 1. The van der Waals surface area contributed by atoms with Crippen molar-refractivity contribution in [2.24, 2.45) is 0 Å². The standard InChI is InChI=1S/C13H8N2O3/c16-13(17)12-14-11(15-18-12)10-6-5-8-3-1-2-4-9(8)7-10/h1-7H,(H,16,17). The summed E-state index contributed by atoms with van der Waals surface area (Å²) in [6, 6.07) is 13.5. The summed E-state index contributed by atoms with van der Waals surface area (Å²) in [5, 5.41) is 14.5. The Bertz CT molecular complexity index is 734. The Balaban J connectivity index is 2.10. The Kier molecular flexibility index (Phi) is 2.30. The molecule has 0 spiro atoms. The number of hydrogen-bond donors (Lipinski definition) is 1. The van der Waals surface area contributed by atoms with Gasteiger partial charge in [0.05, 0.1) is 0 Å². The molecule has 1 heterocycles. The molecule has 0 aliphatic rings. The second kappa shape index (κ2) is 3.96. The monoisotopic (exact) mass is 240 g/mol. The van der Waals surface area contributed by atoms with Gasteiger partial charge in [-0.15, -0.1) is 0 Å². The normalized spacial score (nSPS) is 10.7. The average Bonchev–Trinajstić information content (AvgIpc) is 2.88. The largest absolute Gasteiger partial charge is 0.474 e. The van der Waals surface area contributed by atoms with Crippen molar-refractivity contribution in [2.45, 2.75) is 0 Å². The third kappa shape index (κ3) is 1.71. The van der Waals surface area contributed by atoms with Crippen LogP contribution in [0, 0.1) is 0 Å². The molecule has 0 fully saturated rings. The molecule has 0 amide bonds. The van der Waals surface area contributed by atoms with Crippen molar-refractivity contribution < 1.29 is 14.4 Å². The zero-order chi connectivity index (χ0) is 12.5. The van der Waals surface area contributed by atoms with Gasteiger partial charge in [-0.1, -0.05) is 41.6 Å². The topological polar surface area (TPSA) is 76.2 Å². The van der Waals surface area contributed by atoms with Gasteiger partial charge in [0.15, 0.2) is 0 Å². The molecule has 3 aromatic rings. The number of rotatable bonds is 2. The smallest absolute Gasteiger partial charge is 0.394 e. The molecule has 2 aromatic carbocycles. The second-order valence-corrected chi connectivity index (χ2v) is 3.79. The number of carboxylic acid groups (broad SMARTS) is 1. The fourth-order valence-corrected chi connectivity index (χ4v) is 1.76. The van der Waals surface area contributed by atoms with Crippen molar-refractivity contribution in [3.8, 4) is 11.4 Å². The Morgan fingerprint density at radius 2 is 1.89 bits per heavy atom. The van der Waals surface area contributed by atoms with Crippen LogP contribution in [0.15, 0.2) is 47.0 Å². The first-order chi connectivity index (χ1) is 8.74. The Morgan fingerprint density at radius 1 is 1.11 bits per heavy atom. The van der Waals surface area contributed by atoms with E-state index in [1.807, 2.05) is 42.5 Å². The van der Waals surface area contributed by atoms with Gasteiger partial charge in [-0.05, 0) is 16.8 Å². The van der Waals surface area contributed by atoms with Crippen LogP contribution < -0.4 is 0 Å². The van der Waals surface area contributed by atoms with Crippen molar-refractivity contribution in [1.82, 2.24) is 10.1 Å². The second-order valence-electron chi connectivity index (χ2n) is 3.79. The molecule has 0 unspecified atom stereocenters. The number of hydrogen-bond acceptors (Lipinski definition) is 4. The van der Waals surface area contributed by atoms with Crippen LogP contribution in [0.1, 0.15) is 10.7 Å². The maximum Gasteiger partial charge on any atom is 0.394 e. The minimum atomic E-state index is -1.23. The lowest BCUT2D eigenvalue weighted by Gasteiger charge is -1.98. The first kappa shape index (κ1) is 10.5. The number of fused-ring (bicyclic) bond motifs is 1. The van der Waals surface area contributed by atoms with Crippen LogP contribution in [0.5, 0.6) is 0 Å². The van der Waals surface area contributed by atoms with Gasteiger partial charge in [-0.25, -0.2) is 4.79 Å². The van der Waals surface area contributed by atoms with Gasteiger partial charge < -0.3 is 9.63 Å². The van der Waals surface area contributed by atoms with E-state index in [9.17, 15) is 4.79 Å². The van der Waals surface area contributed by atoms with E-state index in [2.05, 4.69) is 14.7 Å². The molecule has 3 rings (SSSR count). The van der Waals surface area contributed by atoms with Crippen LogP contribution in [-0.2, 0) is 0 Å². The first-order valence-corrected chi connectivity index (χ1v) is 5.30. The van der Waals surface area contributed by atoms with E-state index in [4.69, 9.17) is 5.11 Å². The third-order valence-corrected chi connectivity index (χ3v) is 2.62. The fourth-order valence-electron chi connectivity index (χ4n) is 1.76. The van der Waals surface area contributed by atoms with Crippen molar-refractivity contribution in [2.75, 3.05) is 0 Å². The highest BCUT2D eigenvalue weighted by Gasteiger charge is 2.14. The van der Waals surface area contributed by atoms with Gasteiger partial charge in [0.25, 0.3) is 0 Å². The molecule has 88 valence electrons. The summed E-state index contributed by atoms with van der Waals surface area (Å²) in [6.07, 6.45) is 0. The lowest BCUT2D eigenvalue weighted by Crippen LogP contribution is -1.95. The minimum absolute atomic E-state index is 0.276. The molecule has 0 atom stereocenters. The van der Waals surface area contributed by atoms with Crippen LogP contribution in [-0.4, -0.2) is 21.2 Å². The summed E-state index contributed by atoms with van der Waals surface area (Å²) in [6.45, 7) is 0. The number of nitrogens with zero attached hydrogens (tertiary/aromatic N) is 2. The maximum atomic E-state index is 10.7. The summed E-state index contributed by atoms with van der Waals surface area (Å²) in [5.41, 5.74) is 0.727. The molecule has 18 heavy (non-hydrogen) atoms. The lowest BCUT2D eigenvalue weighted by atomic mass is 10.1. The highest BCUT2D eigenvalue weighted by molar-refractivity contribution is 5.87. The summed E-state index contributed by atoms with van der Waals surface area (Å²) in [4.78, 5) is 14.5. The summed E-state index contributed by atoms with van der Waals surface area (Å²) < 4.78 is 4.63. The Morgan fingerprint density at radius 3 is 2.61 bits per heavy atom. The van der Waals surface area contributed by atoms with Gasteiger partial charge in [0, 0.05) is 5.56 Å². The molecule has 0 aliphatic heterocycles. The van der Waals surface area contributed by atoms with Gasteiger partial charge in [-0.2, -0.15) is 4.98 Å². The average molecular weight is 240 g/mol. The van der Waals surface area contributed by atoms with E-state index < -0.39 is 11.9 Å². The van der Waals surface area contributed by atoms with Crippen LogP contribution in [0.2, 0.25) is 0 Å². The number of carboxylic acids is 1. The predicted octanol–water partition coefficient (Wildman–Crippen LogP) is 2.59. The van der Waals surface area contributed by atoms with Gasteiger partial charge in [0.2, 0.25) is 5.82 Å². The number of benzene rings is 2. The van der Waals surface area contributed by atoms with Gasteiger partial charge in [-0.3, -0.25) is 0 Å². The minimum Gasteiger partial charge on any atom is -0.474 e. The number of aromatic carboxylic acids is 1. The lowest BCUT2D eigenvalue weighted by molar-refractivity contribution is 0.0643. The van der Waals surface area contributed by atoms with Crippen molar-refractivity contribution in [3.63, 3.8) is 0 Å². The molecule has 0 saturated heterocycles. The summed E-state index contributed by atoms with van der Waals surface area (Å²) in [5.74, 6) is -1.36. The summed E-state index contributed by atoms with van der Waals surface area (Å²) in [7, 11) is 0. The highest BCUT2D eigenvalue weighted by Crippen LogP contribution is 2.22. The fraction of sp³-hybridized carbons (Fsp3) is 0. The third-order valence-electron chi connectivity index (χ3n) is 2.62. The number of aromatic nitrogens is 2. The van der Waals surface area contributed by atoms with Crippen LogP contribution in [0.4, 0.5) is 0 Å². The van der Waals surface area contributed by atoms with Crippen LogP contribution >= 0.6 is 0 Å². The van der Waals surface area contributed by atoms with E-state index in [-0.39, 0.29) is 5.82 Å². The molecule has 1 aromatic heterocycles. The summed E-state index contributed by atoms with van der Waals surface area (Å²) >= 11 is 0. The van der Waals surface area contributed by atoms with E-state index in [0.29, 0.717) is 0 Å². The first-order valence-electron chi connectivity index (χ1n) is 5.30. The van der Waals surface area contributed by atoms with Crippen LogP contribution in [0.25, 0.3) is 22.2 Å². The zero-order valence-corrected chi connectivity index (χ0v) is 9.20. The molecule has 0 bridgehead atoms. The molecular weight excluding hydrogens is 232 g/mol. The van der Waals surface area contributed by atoms with E-state index in [1.165, 1.54) is 0 Å². The molecule has 1 N–H and O–H groups in total. The van der Waals surface area contributed by atoms with E-state index >= 15 is 0 Å². The van der Waals surface area contributed by atoms with Crippen LogP contribution in [0.3, 0.4) is 0 Å². The molecular formula is C13H8N2O3. The molecule has 0 saturated carbocycles. The van der Waals surface area contributed by atoms with E-state index in [1.54, 1.807) is 0 Å². The van der Waals surface area contributed by atoms with Gasteiger partial charge in [0.1, 0.15) is 0 Å². The molecule has 5 heteroatoms. The van der Waals surface area contributed by atoms with Gasteiger partial charge >= 0.3 is 11.9 Å². The maximum absolute atomic E-state index is 10.7. The van der Waals surface area contributed by atoms with Crippen molar-refractivity contribution in [3.05, 3.63) is 48.4 Å². The molecule has 5 nitrogen and oxygen atoms in total.